The highest BCUT2D eigenvalue weighted by molar-refractivity contribution is 5.97. The summed E-state index contributed by atoms with van der Waals surface area (Å²) in [4.78, 5) is 28.6. The highest BCUT2D eigenvalue weighted by Gasteiger charge is 2.33. The lowest BCUT2D eigenvalue weighted by Crippen LogP contribution is -2.44. The molecule has 1 saturated heterocycles. The number of anilines is 1. The monoisotopic (exact) mass is 300 g/mol. The fourth-order valence-electron chi connectivity index (χ4n) is 3.54. The highest BCUT2D eigenvalue weighted by Crippen LogP contribution is 2.31. The molecule has 1 aromatic carbocycles. The third kappa shape index (κ3) is 2.87. The number of para-hydroxylation sites is 1. The van der Waals surface area contributed by atoms with Crippen LogP contribution in [0.3, 0.4) is 0 Å². The predicted octanol–water partition coefficient (Wildman–Crippen LogP) is 2.61. The van der Waals surface area contributed by atoms with Gasteiger partial charge in [-0.05, 0) is 37.3 Å². The van der Waals surface area contributed by atoms with Crippen molar-refractivity contribution < 1.29 is 9.59 Å². The zero-order valence-electron chi connectivity index (χ0n) is 13.3. The molecule has 22 heavy (non-hydrogen) atoms. The van der Waals surface area contributed by atoms with Crippen molar-refractivity contribution in [1.29, 1.82) is 0 Å². The Morgan fingerprint density at radius 2 is 1.86 bits per heavy atom. The Labute approximate surface area is 132 Å². The van der Waals surface area contributed by atoms with Gasteiger partial charge in [0.25, 0.3) is 0 Å². The first-order valence-electron chi connectivity index (χ1n) is 8.37. The van der Waals surface area contributed by atoms with Gasteiger partial charge >= 0.3 is 0 Å². The van der Waals surface area contributed by atoms with E-state index in [1.165, 1.54) is 5.56 Å². The molecule has 3 rings (SSSR count). The molecule has 0 aliphatic carbocycles. The van der Waals surface area contributed by atoms with Gasteiger partial charge in [-0.15, -0.1) is 0 Å². The molecule has 4 nitrogen and oxygen atoms in total. The molecule has 2 aliphatic rings. The van der Waals surface area contributed by atoms with Crippen molar-refractivity contribution in [3.63, 3.8) is 0 Å². The largest absolute Gasteiger partial charge is 0.343 e. The Morgan fingerprint density at radius 1 is 1.14 bits per heavy atom. The van der Waals surface area contributed by atoms with Crippen LogP contribution in [0.5, 0.6) is 0 Å². The minimum absolute atomic E-state index is 0.0665. The van der Waals surface area contributed by atoms with Crippen molar-refractivity contribution in [2.75, 3.05) is 24.5 Å². The Hall–Kier alpha value is -1.84. The van der Waals surface area contributed by atoms with Gasteiger partial charge < -0.3 is 9.80 Å². The van der Waals surface area contributed by atoms with Crippen molar-refractivity contribution in [2.24, 2.45) is 5.92 Å². The van der Waals surface area contributed by atoms with Crippen molar-refractivity contribution in [3.8, 4) is 0 Å². The summed E-state index contributed by atoms with van der Waals surface area (Å²) >= 11 is 0. The molecule has 4 heteroatoms. The standard InChI is InChI=1S/C18H24N2O2/c1-2-5-17(21)19-11-8-15(9-12-19)18(22)20-13-10-14-6-3-4-7-16(14)20/h3-4,6-7,15H,2,5,8-13H2,1H3. The van der Waals surface area contributed by atoms with Gasteiger partial charge in [-0.25, -0.2) is 0 Å². The van der Waals surface area contributed by atoms with E-state index in [1.807, 2.05) is 34.9 Å². The van der Waals surface area contributed by atoms with Crippen LogP contribution in [0.4, 0.5) is 5.69 Å². The molecule has 0 unspecified atom stereocenters. The number of benzene rings is 1. The molecular weight excluding hydrogens is 276 g/mol. The summed E-state index contributed by atoms with van der Waals surface area (Å²) in [5.74, 6) is 0.546. The minimum atomic E-state index is 0.0665. The number of likely N-dealkylation sites (tertiary alicyclic amines) is 1. The minimum Gasteiger partial charge on any atom is -0.343 e. The SMILES string of the molecule is CCCC(=O)N1CCC(C(=O)N2CCc3ccccc32)CC1. The quantitative estimate of drug-likeness (QED) is 0.861. The van der Waals surface area contributed by atoms with E-state index in [-0.39, 0.29) is 17.7 Å². The molecule has 0 saturated carbocycles. The normalized spacial score (nSPS) is 18.4. The van der Waals surface area contributed by atoms with Crippen molar-refractivity contribution in [2.45, 2.75) is 39.0 Å². The van der Waals surface area contributed by atoms with Gasteiger partial charge in [-0.2, -0.15) is 0 Å². The number of carbonyl (C=O) groups excluding carboxylic acids is 2. The van der Waals surface area contributed by atoms with E-state index < -0.39 is 0 Å². The summed E-state index contributed by atoms with van der Waals surface area (Å²) in [6, 6.07) is 8.18. The maximum Gasteiger partial charge on any atom is 0.230 e. The molecule has 0 atom stereocenters. The van der Waals surface area contributed by atoms with E-state index in [1.54, 1.807) is 0 Å². The maximum absolute atomic E-state index is 12.8. The molecule has 1 fully saturated rings. The fraction of sp³-hybridized carbons (Fsp3) is 0.556. The van der Waals surface area contributed by atoms with Crippen LogP contribution in [0.1, 0.15) is 38.2 Å². The van der Waals surface area contributed by atoms with E-state index in [9.17, 15) is 9.59 Å². The van der Waals surface area contributed by atoms with Crippen molar-refractivity contribution >= 4 is 17.5 Å². The van der Waals surface area contributed by atoms with Crippen LogP contribution in [-0.2, 0) is 16.0 Å². The molecule has 0 spiro atoms. The van der Waals surface area contributed by atoms with Gasteiger partial charge in [-0.1, -0.05) is 25.1 Å². The molecule has 0 bridgehead atoms. The van der Waals surface area contributed by atoms with E-state index in [2.05, 4.69) is 6.07 Å². The molecule has 2 aliphatic heterocycles. The van der Waals surface area contributed by atoms with E-state index in [0.29, 0.717) is 6.42 Å². The lowest BCUT2D eigenvalue weighted by Gasteiger charge is -2.33. The molecule has 118 valence electrons. The number of hydrogen-bond donors (Lipinski definition) is 0. The number of hydrogen-bond acceptors (Lipinski definition) is 2. The Balaban J connectivity index is 1.60. The van der Waals surface area contributed by atoms with Gasteiger partial charge in [0.1, 0.15) is 0 Å². The zero-order valence-corrected chi connectivity index (χ0v) is 13.3. The second-order valence-electron chi connectivity index (χ2n) is 6.27. The second-order valence-corrected chi connectivity index (χ2v) is 6.27. The number of carbonyl (C=O) groups is 2. The third-order valence-electron chi connectivity index (χ3n) is 4.81. The molecular formula is C18H24N2O2. The van der Waals surface area contributed by atoms with Gasteiger partial charge in [0.05, 0.1) is 0 Å². The highest BCUT2D eigenvalue weighted by atomic mass is 16.2. The molecule has 2 amide bonds. The van der Waals surface area contributed by atoms with Gasteiger partial charge in [0.2, 0.25) is 11.8 Å². The Bertz CT molecular complexity index is 562. The van der Waals surface area contributed by atoms with Crippen LogP contribution >= 0.6 is 0 Å². The summed E-state index contributed by atoms with van der Waals surface area (Å²) in [5, 5.41) is 0. The predicted molar refractivity (Wildman–Crippen MR) is 86.7 cm³/mol. The summed E-state index contributed by atoms with van der Waals surface area (Å²) in [6.07, 6.45) is 4.07. The second kappa shape index (κ2) is 6.51. The number of rotatable bonds is 3. The van der Waals surface area contributed by atoms with Crippen LogP contribution in [-0.4, -0.2) is 36.3 Å². The molecule has 0 radical (unpaired) electrons. The molecule has 2 heterocycles. The van der Waals surface area contributed by atoms with Crippen LogP contribution in [0, 0.1) is 5.92 Å². The van der Waals surface area contributed by atoms with Crippen LogP contribution in [0.25, 0.3) is 0 Å². The summed E-state index contributed by atoms with van der Waals surface area (Å²) in [7, 11) is 0. The topological polar surface area (TPSA) is 40.6 Å². The Morgan fingerprint density at radius 3 is 2.59 bits per heavy atom. The molecule has 1 aromatic rings. The van der Waals surface area contributed by atoms with Gasteiger partial charge in [-0.3, -0.25) is 9.59 Å². The first kappa shape index (κ1) is 15.1. The smallest absolute Gasteiger partial charge is 0.230 e. The number of piperidine rings is 1. The van der Waals surface area contributed by atoms with Gasteiger partial charge in [0.15, 0.2) is 0 Å². The lowest BCUT2D eigenvalue weighted by atomic mass is 9.95. The number of nitrogens with zero attached hydrogens (tertiary/aromatic N) is 2. The third-order valence-corrected chi connectivity index (χ3v) is 4.81. The first-order valence-corrected chi connectivity index (χ1v) is 8.37. The van der Waals surface area contributed by atoms with E-state index >= 15 is 0 Å². The first-order chi connectivity index (χ1) is 10.7. The maximum atomic E-state index is 12.8. The zero-order chi connectivity index (χ0) is 15.5. The van der Waals surface area contributed by atoms with E-state index in [0.717, 1.165) is 51.0 Å². The van der Waals surface area contributed by atoms with Crippen LogP contribution in [0.15, 0.2) is 24.3 Å². The summed E-state index contributed by atoms with van der Waals surface area (Å²) < 4.78 is 0. The molecule has 0 aromatic heterocycles. The average molecular weight is 300 g/mol. The van der Waals surface area contributed by atoms with E-state index in [4.69, 9.17) is 0 Å². The number of fused-ring (bicyclic) bond motifs is 1. The van der Waals surface area contributed by atoms with Crippen LogP contribution in [0.2, 0.25) is 0 Å². The molecule has 0 N–H and O–H groups in total. The fourth-order valence-corrected chi connectivity index (χ4v) is 3.54. The summed E-state index contributed by atoms with van der Waals surface area (Å²) in [5.41, 5.74) is 2.35. The average Bonchev–Trinajstić information content (AvgIpc) is 2.98. The lowest BCUT2D eigenvalue weighted by molar-refractivity contribution is -0.135. The van der Waals surface area contributed by atoms with Crippen molar-refractivity contribution in [1.82, 2.24) is 4.90 Å². The van der Waals surface area contributed by atoms with Gasteiger partial charge in [0, 0.05) is 37.7 Å². The Kier molecular flexibility index (Phi) is 4.46. The van der Waals surface area contributed by atoms with Crippen LogP contribution < -0.4 is 4.90 Å². The summed E-state index contributed by atoms with van der Waals surface area (Å²) in [6.45, 7) is 4.28. The van der Waals surface area contributed by atoms with Crippen molar-refractivity contribution in [3.05, 3.63) is 29.8 Å². The number of amides is 2.